The zero-order valence-electron chi connectivity index (χ0n) is 18.3. The highest BCUT2D eigenvalue weighted by atomic mass is 16.5. The first-order valence-corrected chi connectivity index (χ1v) is 11.5. The predicted octanol–water partition coefficient (Wildman–Crippen LogP) is 5.25. The Balaban J connectivity index is 1.69. The maximum Gasteiger partial charge on any atom is 0.133 e. The number of Topliss-reactive ketones (excluding diaryl/α,β-unsaturated/α-hetero) is 1. The largest absolute Gasteiger partial charge is 0.388 e. The molecular weight excluding hydrogens is 336 g/mol. The molecule has 27 heavy (non-hydrogen) atoms. The van der Waals surface area contributed by atoms with Gasteiger partial charge in [0.2, 0.25) is 0 Å². The highest BCUT2D eigenvalue weighted by Gasteiger charge is 2.57. The zero-order valence-corrected chi connectivity index (χ0v) is 18.3. The number of carbonyl (C=O) groups excluding carboxylic acids is 1. The molecule has 3 saturated carbocycles. The van der Waals surface area contributed by atoms with Crippen molar-refractivity contribution in [3.8, 4) is 0 Å². The van der Waals surface area contributed by atoms with Crippen LogP contribution in [0.4, 0.5) is 0 Å². The van der Waals surface area contributed by atoms with Gasteiger partial charge in [-0.05, 0) is 101 Å². The van der Waals surface area contributed by atoms with Crippen LogP contribution in [0.5, 0.6) is 0 Å². The highest BCUT2D eigenvalue weighted by molar-refractivity contribution is 5.79. The second-order valence-electron chi connectivity index (χ2n) is 10.6. The third-order valence-corrected chi connectivity index (χ3v) is 8.85. The van der Waals surface area contributed by atoms with E-state index in [0.717, 1.165) is 48.9 Å². The van der Waals surface area contributed by atoms with Crippen molar-refractivity contribution in [1.82, 2.24) is 0 Å². The van der Waals surface area contributed by atoms with Crippen LogP contribution in [-0.4, -0.2) is 29.7 Å². The molecule has 3 fully saturated rings. The Morgan fingerprint density at radius 3 is 2.59 bits per heavy atom. The summed E-state index contributed by atoms with van der Waals surface area (Å²) in [6.07, 6.45) is 9.49. The number of hydrogen-bond acceptors (Lipinski definition) is 3. The van der Waals surface area contributed by atoms with Crippen LogP contribution in [0.15, 0.2) is 0 Å². The van der Waals surface area contributed by atoms with Crippen molar-refractivity contribution in [2.45, 2.75) is 91.6 Å². The van der Waals surface area contributed by atoms with Gasteiger partial charge in [-0.25, -0.2) is 0 Å². The molecule has 3 aliphatic rings. The van der Waals surface area contributed by atoms with E-state index in [-0.39, 0.29) is 5.41 Å². The van der Waals surface area contributed by atoms with Crippen LogP contribution >= 0.6 is 0 Å². The zero-order chi connectivity index (χ0) is 19.8. The third-order valence-electron chi connectivity index (χ3n) is 8.85. The van der Waals surface area contributed by atoms with Crippen LogP contribution in [0, 0.1) is 40.9 Å². The molecule has 0 amide bonds. The van der Waals surface area contributed by atoms with Crippen LogP contribution in [-0.2, 0) is 9.53 Å². The Hall–Kier alpha value is -0.410. The number of carbonyl (C=O) groups is 1. The molecule has 0 aromatic heterocycles. The van der Waals surface area contributed by atoms with E-state index in [0.29, 0.717) is 24.9 Å². The van der Waals surface area contributed by atoms with Gasteiger partial charge in [-0.2, -0.15) is 0 Å². The second-order valence-corrected chi connectivity index (χ2v) is 10.6. The molecule has 0 heterocycles. The molecule has 0 spiro atoms. The van der Waals surface area contributed by atoms with E-state index >= 15 is 0 Å². The van der Waals surface area contributed by atoms with Crippen LogP contribution in [0.1, 0.15) is 86.0 Å². The number of aliphatic hydroxyl groups is 1. The van der Waals surface area contributed by atoms with Crippen LogP contribution in [0.25, 0.3) is 0 Å². The molecule has 0 saturated heterocycles. The van der Waals surface area contributed by atoms with E-state index in [1.807, 2.05) is 20.8 Å². The number of rotatable bonds is 7. The summed E-state index contributed by atoms with van der Waals surface area (Å²) in [6.45, 7) is 11.7. The van der Waals surface area contributed by atoms with Gasteiger partial charge in [-0.3, -0.25) is 4.79 Å². The summed E-state index contributed by atoms with van der Waals surface area (Å²) in [5.41, 5.74) is -0.461. The molecule has 3 aliphatic carbocycles. The van der Waals surface area contributed by atoms with Crippen molar-refractivity contribution < 1.29 is 14.6 Å². The fourth-order valence-electron chi connectivity index (χ4n) is 7.39. The van der Waals surface area contributed by atoms with Crippen molar-refractivity contribution in [3.05, 3.63) is 0 Å². The summed E-state index contributed by atoms with van der Waals surface area (Å²) in [7, 11) is 0. The average Bonchev–Trinajstić information content (AvgIpc) is 2.96. The van der Waals surface area contributed by atoms with Crippen LogP contribution < -0.4 is 0 Å². The maximum absolute atomic E-state index is 12.2. The number of ether oxygens (including phenoxy) is 1. The second kappa shape index (κ2) is 8.14. The molecule has 1 N–H and O–H groups in total. The van der Waals surface area contributed by atoms with Gasteiger partial charge in [0.1, 0.15) is 5.78 Å². The summed E-state index contributed by atoms with van der Waals surface area (Å²) in [5, 5.41) is 10.7. The number of ketones is 1. The van der Waals surface area contributed by atoms with Gasteiger partial charge in [0, 0.05) is 12.5 Å². The fraction of sp³-hybridized carbons (Fsp3) is 0.958. The lowest BCUT2D eigenvalue weighted by Crippen LogP contribution is -2.48. The van der Waals surface area contributed by atoms with E-state index in [2.05, 4.69) is 13.8 Å². The quantitative estimate of drug-likeness (QED) is 0.658. The molecule has 8 atom stereocenters. The molecule has 156 valence electrons. The normalized spacial score (nSPS) is 43.6. The Kier molecular flexibility index (Phi) is 6.43. The van der Waals surface area contributed by atoms with Crippen molar-refractivity contribution in [3.63, 3.8) is 0 Å². The lowest BCUT2D eigenvalue weighted by molar-refractivity contribution is -0.128. The smallest absolute Gasteiger partial charge is 0.133 e. The Labute approximate surface area is 166 Å². The highest BCUT2D eigenvalue weighted by Crippen LogP contribution is 2.63. The van der Waals surface area contributed by atoms with Gasteiger partial charge in [0.15, 0.2) is 0 Å². The minimum absolute atomic E-state index is 0.249. The molecule has 3 heteroatoms. The summed E-state index contributed by atoms with van der Waals surface area (Å²) in [6, 6.07) is 0. The Morgan fingerprint density at radius 2 is 1.93 bits per heavy atom. The van der Waals surface area contributed by atoms with Gasteiger partial charge in [0.25, 0.3) is 0 Å². The fourth-order valence-corrected chi connectivity index (χ4v) is 7.39. The van der Waals surface area contributed by atoms with E-state index in [1.54, 1.807) is 0 Å². The molecule has 0 aromatic rings. The van der Waals surface area contributed by atoms with E-state index in [1.165, 1.54) is 32.1 Å². The number of hydrogen-bond donors (Lipinski definition) is 1. The molecule has 0 unspecified atom stereocenters. The molecule has 0 radical (unpaired) electrons. The Morgan fingerprint density at radius 1 is 1.19 bits per heavy atom. The van der Waals surface area contributed by atoms with Gasteiger partial charge in [0.05, 0.1) is 12.2 Å². The van der Waals surface area contributed by atoms with Gasteiger partial charge >= 0.3 is 0 Å². The predicted molar refractivity (Wildman–Crippen MR) is 109 cm³/mol. The first kappa shape index (κ1) is 21.3. The first-order chi connectivity index (χ1) is 12.7. The standard InChI is InChI=1S/C24H42O3/c1-6-27-15-23(4,26)13-11-18-16(2)7-8-20-19(18)12-14-24(5)21(17(3)25)9-10-22(20)24/h16,18-22,26H,6-15H2,1-5H3/t16-,18-,19+,20+,21+,22-,23-,24+/m0/s1. The minimum atomic E-state index is -0.709. The van der Waals surface area contributed by atoms with Gasteiger partial charge in [-0.15, -0.1) is 0 Å². The van der Waals surface area contributed by atoms with Crippen molar-refractivity contribution in [1.29, 1.82) is 0 Å². The monoisotopic (exact) mass is 378 g/mol. The van der Waals surface area contributed by atoms with Gasteiger partial charge < -0.3 is 9.84 Å². The van der Waals surface area contributed by atoms with E-state index < -0.39 is 5.60 Å². The topological polar surface area (TPSA) is 46.5 Å². The van der Waals surface area contributed by atoms with Gasteiger partial charge in [-0.1, -0.05) is 20.3 Å². The summed E-state index contributed by atoms with van der Waals surface area (Å²) >= 11 is 0. The molecule has 0 aliphatic heterocycles. The summed E-state index contributed by atoms with van der Waals surface area (Å²) in [4.78, 5) is 12.2. The molecular formula is C24H42O3. The minimum Gasteiger partial charge on any atom is -0.388 e. The molecule has 0 aromatic carbocycles. The molecule has 3 nitrogen and oxygen atoms in total. The van der Waals surface area contributed by atoms with E-state index in [9.17, 15) is 9.90 Å². The van der Waals surface area contributed by atoms with Crippen molar-refractivity contribution >= 4 is 5.78 Å². The van der Waals surface area contributed by atoms with Crippen LogP contribution in [0.3, 0.4) is 0 Å². The third kappa shape index (κ3) is 4.15. The van der Waals surface area contributed by atoms with Crippen molar-refractivity contribution in [2.75, 3.05) is 13.2 Å². The SMILES string of the molecule is CCOC[C@@](C)(O)CC[C@@H]1[C@H]2CC[C@]3(C)[C@@H](C(C)=O)CC[C@H]3[C@@H]2CC[C@@H]1C. The first-order valence-electron chi connectivity index (χ1n) is 11.5. The Bertz CT molecular complexity index is 528. The average molecular weight is 379 g/mol. The lowest BCUT2D eigenvalue weighted by Gasteiger charge is -2.54. The van der Waals surface area contributed by atoms with Crippen LogP contribution in [0.2, 0.25) is 0 Å². The van der Waals surface area contributed by atoms with E-state index in [4.69, 9.17) is 4.74 Å². The summed E-state index contributed by atoms with van der Waals surface area (Å²) in [5.74, 6) is 4.52. The maximum atomic E-state index is 12.2. The van der Waals surface area contributed by atoms with Crippen molar-refractivity contribution in [2.24, 2.45) is 40.9 Å². The molecule has 0 bridgehead atoms. The lowest BCUT2D eigenvalue weighted by atomic mass is 9.50. The molecule has 3 rings (SSSR count). The summed E-state index contributed by atoms with van der Waals surface area (Å²) < 4.78 is 5.49. The number of fused-ring (bicyclic) bond motifs is 3.